The maximum absolute atomic E-state index is 12.4. The number of ether oxygens (including phenoxy) is 1. The Bertz CT molecular complexity index is 859. The number of hydrogen-bond donors (Lipinski definition) is 3. The first-order valence-electron chi connectivity index (χ1n) is 9.36. The van der Waals surface area contributed by atoms with Gasteiger partial charge in [-0.2, -0.15) is 0 Å². The smallest absolute Gasteiger partial charge is 0.328 e. The van der Waals surface area contributed by atoms with Gasteiger partial charge in [0.2, 0.25) is 11.8 Å². The molecule has 1 atom stereocenters. The summed E-state index contributed by atoms with van der Waals surface area (Å²) in [6, 6.07) is 7.25. The number of nitrogens with zero attached hydrogens (tertiary/aromatic N) is 1. The highest BCUT2D eigenvalue weighted by atomic mass is 16.5. The van der Waals surface area contributed by atoms with Gasteiger partial charge in [-0.3, -0.25) is 14.5 Å². The summed E-state index contributed by atoms with van der Waals surface area (Å²) in [5.41, 5.74) is 1.89. The molecular weight excluding hydrogens is 360 g/mol. The Hall–Kier alpha value is -2.87. The lowest BCUT2D eigenvalue weighted by Gasteiger charge is -2.19. The minimum atomic E-state index is -0.801. The molecular formula is C20H26N4O4. The first kappa shape index (κ1) is 19.9. The highest BCUT2D eigenvalue weighted by Gasteiger charge is 2.25. The standard InChI is InChI=1S/C20H26N4O4/c1-24(11-18(25)22-14-7-8-14)12-19(26)23-17(20(27)28-2)9-13-10-21-16-6-4-3-5-15(13)16/h3-6,10,14,17,21H,7-9,11-12H2,1-2H3,(H,22,25)(H,23,26)/t17-/m0/s1. The van der Waals surface area contributed by atoms with Crippen LogP contribution < -0.4 is 10.6 Å². The van der Waals surface area contributed by atoms with Gasteiger partial charge in [-0.15, -0.1) is 0 Å². The summed E-state index contributed by atoms with van der Waals surface area (Å²) in [6.07, 6.45) is 4.19. The van der Waals surface area contributed by atoms with Gasteiger partial charge in [-0.1, -0.05) is 18.2 Å². The van der Waals surface area contributed by atoms with Gasteiger partial charge < -0.3 is 20.4 Å². The number of H-pyrrole nitrogens is 1. The van der Waals surface area contributed by atoms with E-state index < -0.39 is 12.0 Å². The lowest BCUT2D eigenvalue weighted by Crippen LogP contribution is -2.47. The van der Waals surface area contributed by atoms with E-state index in [1.54, 1.807) is 11.9 Å². The number of nitrogens with one attached hydrogen (secondary N) is 3. The Balaban J connectivity index is 1.57. The molecule has 1 aliphatic rings. The number of para-hydroxylation sites is 1. The monoisotopic (exact) mass is 386 g/mol. The molecule has 0 spiro atoms. The molecule has 0 unspecified atom stereocenters. The number of esters is 1. The fraction of sp³-hybridized carbons (Fsp3) is 0.450. The molecule has 0 aliphatic heterocycles. The summed E-state index contributed by atoms with van der Waals surface area (Å²) in [7, 11) is 2.99. The number of fused-ring (bicyclic) bond motifs is 1. The van der Waals surface area contributed by atoms with E-state index >= 15 is 0 Å². The topological polar surface area (TPSA) is 104 Å². The van der Waals surface area contributed by atoms with Crippen molar-refractivity contribution in [2.75, 3.05) is 27.2 Å². The Morgan fingerprint density at radius 1 is 1.21 bits per heavy atom. The van der Waals surface area contributed by atoms with Gasteiger partial charge in [0, 0.05) is 29.6 Å². The molecule has 150 valence electrons. The van der Waals surface area contributed by atoms with Crippen LogP contribution in [-0.2, 0) is 25.5 Å². The van der Waals surface area contributed by atoms with Crippen LogP contribution in [-0.4, -0.2) is 67.0 Å². The number of hydrogen-bond acceptors (Lipinski definition) is 5. The molecule has 0 saturated heterocycles. The SMILES string of the molecule is COC(=O)[C@H](Cc1c[nH]c2ccccc12)NC(=O)CN(C)CC(=O)NC1CC1. The lowest BCUT2D eigenvalue weighted by atomic mass is 10.0. The predicted molar refractivity (Wildman–Crippen MR) is 105 cm³/mol. The van der Waals surface area contributed by atoms with Crippen molar-refractivity contribution in [3.8, 4) is 0 Å². The van der Waals surface area contributed by atoms with Gasteiger partial charge in [0.05, 0.1) is 20.2 Å². The van der Waals surface area contributed by atoms with Crippen molar-refractivity contribution in [3.05, 3.63) is 36.0 Å². The number of aromatic nitrogens is 1. The van der Waals surface area contributed by atoms with Crippen LogP contribution in [0.4, 0.5) is 0 Å². The van der Waals surface area contributed by atoms with Gasteiger partial charge in [0.1, 0.15) is 6.04 Å². The quantitative estimate of drug-likeness (QED) is 0.547. The van der Waals surface area contributed by atoms with Gasteiger partial charge in [-0.05, 0) is 31.5 Å². The maximum Gasteiger partial charge on any atom is 0.328 e. The molecule has 0 bridgehead atoms. The van der Waals surface area contributed by atoms with Crippen LogP contribution in [0.3, 0.4) is 0 Å². The van der Waals surface area contributed by atoms with Gasteiger partial charge in [-0.25, -0.2) is 4.79 Å². The van der Waals surface area contributed by atoms with Crippen molar-refractivity contribution < 1.29 is 19.1 Å². The van der Waals surface area contributed by atoms with E-state index in [0.29, 0.717) is 6.42 Å². The van der Waals surface area contributed by atoms with E-state index in [-0.39, 0.29) is 30.9 Å². The largest absolute Gasteiger partial charge is 0.467 e. The molecule has 3 N–H and O–H groups in total. The summed E-state index contributed by atoms with van der Waals surface area (Å²) >= 11 is 0. The Kier molecular flexibility index (Phi) is 6.30. The average Bonchev–Trinajstić information content (AvgIpc) is 3.38. The molecule has 3 rings (SSSR count). The van der Waals surface area contributed by atoms with Crippen molar-refractivity contribution in [2.24, 2.45) is 0 Å². The average molecular weight is 386 g/mol. The molecule has 2 amide bonds. The molecule has 1 fully saturated rings. The molecule has 1 heterocycles. The number of likely N-dealkylation sites (N-methyl/N-ethyl adjacent to an activating group) is 1. The van der Waals surface area contributed by atoms with Crippen LogP contribution in [0.2, 0.25) is 0 Å². The van der Waals surface area contributed by atoms with Gasteiger partial charge >= 0.3 is 5.97 Å². The van der Waals surface area contributed by atoms with Crippen LogP contribution in [0.15, 0.2) is 30.5 Å². The molecule has 1 aromatic carbocycles. The number of rotatable bonds is 9. The summed E-state index contributed by atoms with van der Waals surface area (Å²) in [5, 5.41) is 6.61. The third-order valence-corrected chi connectivity index (χ3v) is 4.69. The van der Waals surface area contributed by atoms with Crippen molar-refractivity contribution in [1.29, 1.82) is 0 Å². The van der Waals surface area contributed by atoms with Gasteiger partial charge in [0.15, 0.2) is 0 Å². The third kappa shape index (κ3) is 5.32. The Morgan fingerprint density at radius 3 is 2.64 bits per heavy atom. The van der Waals surface area contributed by atoms with Crippen LogP contribution in [0.25, 0.3) is 10.9 Å². The minimum Gasteiger partial charge on any atom is -0.467 e. The maximum atomic E-state index is 12.4. The van der Waals surface area contributed by atoms with Crippen LogP contribution >= 0.6 is 0 Å². The van der Waals surface area contributed by atoms with E-state index in [2.05, 4.69) is 15.6 Å². The Labute approximate surface area is 163 Å². The Morgan fingerprint density at radius 2 is 1.93 bits per heavy atom. The van der Waals surface area contributed by atoms with Crippen molar-refractivity contribution >= 4 is 28.7 Å². The molecule has 1 aromatic heterocycles. The first-order valence-corrected chi connectivity index (χ1v) is 9.36. The molecule has 1 aliphatic carbocycles. The number of amides is 2. The van der Waals surface area contributed by atoms with E-state index in [1.165, 1.54) is 7.11 Å². The van der Waals surface area contributed by atoms with E-state index in [0.717, 1.165) is 29.3 Å². The second-order valence-corrected chi connectivity index (χ2v) is 7.22. The van der Waals surface area contributed by atoms with Crippen LogP contribution in [0, 0.1) is 0 Å². The normalized spacial score (nSPS) is 14.7. The summed E-state index contributed by atoms with van der Waals surface area (Å²) in [4.78, 5) is 41.2. The first-order chi connectivity index (χ1) is 13.5. The zero-order chi connectivity index (χ0) is 20.1. The van der Waals surface area contributed by atoms with E-state index in [1.807, 2.05) is 30.5 Å². The highest BCUT2D eigenvalue weighted by molar-refractivity contribution is 5.88. The molecule has 0 radical (unpaired) electrons. The van der Waals surface area contributed by atoms with Crippen molar-refractivity contribution in [1.82, 2.24) is 20.5 Å². The predicted octanol–water partition coefficient (Wildman–Crippen LogP) is 0.579. The van der Waals surface area contributed by atoms with E-state index in [4.69, 9.17) is 4.74 Å². The fourth-order valence-electron chi connectivity index (χ4n) is 3.14. The zero-order valence-electron chi connectivity index (χ0n) is 16.2. The molecule has 28 heavy (non-hydrogen) atoms. The lowest BCUT2D eigenvalue weighted by molar-refractivity contribution is -0.145. The van der Waals surface area contributed by atoms with Crippen LogP contribution in [0.5, 0.6) is 0 Å². The van der Waals surface area contributed by atoms with Gasteiger partial charge in [0.25, 0.3) is 0 Å². The summed E-state index contributed by atoms with van der Waals surface area (Å²) in [6.45, 7) is 0.148. The number of benzene rings is 1. The summed E-state index contributed by atoms with van der Waals surface area (Å²) < 4.78 is 4.85. The summed E-state index contributed by atoms with van der Waals surface area (Å²) in [5.74, 6) is -0.939. The molecule has 1 saturated carbocycles. The van der Waals surface area contributed by atoms with E-state index in [9.17, 15) is 14.4 Å². The highest BCUT2D eigenvalue weighted by Crippen LogP contribution is 2.19. The number of aromatic amines is 1. The zero-order valence-corrected chi connectivity index (χ0v) is 16.2. The second-order valence-electron chi connectivity index (χ2n) is 7.22. The van der Waals surface area contributed by atoms with Crippen molar-refractivity contribution in [3.63, 3.8) is 0 Å². The molecule has 8 nitrogen and oxygen atoms in total. The number of carbonyl (C=O) groups excluding carboxylic acids is 3. The molecule has 8 heteroatoms. The number of methoxy groups -OCH3 is 1. The van der Waals surface area contributed by atoms with Crippen LogP contribution in [0.1, 0.15) is 18.4 Å². The minimum absolute atomic E-state index is 0.0134. The molecule has 2 aromatic rings. The second kappa shape index (κ2) is 8.88. The van der Waals surface area contributed by atoms with Crippen molar-refractivity contribution in [2.45, 2.75) is 31.3 Å². The number of carbonyl (C=O) groups is 3. The fourth-order valence-corrected chi connectivity index (χ4v) is 3.14. The third-order valence-electron chi connectivity index (χ3n) is 4.69.